The first-order valence-corrected chi connectivity index (χ1v) is 9.53. The quantitative estimate of drug-likeness (QED) is 0.368. The molecule has 0 bridgehead atoms. The third-order valence-corrected chi connectivity index (χ3v) is 5.21. The molecule has 0 saturated carbocycles. The van der Waals surface area contributed by atoms with Crippen molar-refractivity contribution in [2.24, 2.45) is 0 Å². The summed E-state index contributed by atoms with van der Waals surface area (Å²) in [6.45, 7) is 1.92. The van der Waals surface area contributed by atoms with E-state index in [0.717, 1.165) is 5.56 Å². The summed E-state index contributed by atoms with van der Waals surface area (Å²) in [4.78, 5) is 27.5. The minimum Gasteiger partial charge on any atom is -0.507 e. The molecular weight excluding hydrogens is 386 g/mol. The molecule has 0 aliphatic carbocycles. The average molecular weight is 404 g/mol. The van der Waals surface area contributed by atoms with Gasteiger partial charge < -0.3 is 5.11 Å². The summed E-state index contributed by atoms with van der Waals surface area (Å²) >= 11 is 6.04. The van der Waals surface area contributed by atoms with Crippen LogP contribution in [0.3, 0.4) is 0 Å². The molecule has 1 aliphatic rings. The number of amides is 1. The number of hydrogen-bond donors (Lipinski definition) is 1. The monoisotopic (exact) mass is 403 g/mol. The number of Topliss-reactive ketones (excluding diaryl/α,β-unsaturated/α-hetero) is 1. The molecule has 1 fully saturated rings. The zero-order valence-corrected chi connectivity index (χ0v) is 16.4. The van der Waals surface area contributed by atoms with Crippen LogP contribution >= 0.6 is 11.6 Å². The number of halogens is 1. The van der Waals surface area contributed by atoms with Gasteiger partial charge in [-0.3, -0.25) is 14.5 Å². The minimum atomic E-state index is -0.755. The van der Waals surface area contributed by atoms with Gasteiger partial charge in [0.15, 0.2) is 0 Å². The zero-order valence-electron chi connectivity index (χ0n) is 15.7. The van der Waals surface area contributed by atoms with E-state index in [1.807, 2.05) is 31.2 Å². The zero-order chi connectivity index (χ0) is 20.5. The van der Waals surface area contributed by atoms with Crippen molar-refractivity contribution < 1.29 is 14.7 Å². The third kappa shape index (κ3) is 3.43. The lowest BCUT2D eigenvalue weighted by Crippen LogP contribution is -2.29. The highest BCUT2D eigenvalue weighted by Crippen LogP contribution is 2.42. The number of anilines is 1. The van der Waals surface area contributed by atoms with Gasteiger partial charge in [-0.15, -0.1) is 0 Å². The Kier molecular flexibility index (Phi) is 4.95. The maximum atomic E-state index is 13.0. The molecule has 1 atom stereocenters. The SMILES string of the molecule is Cc1cccc(N2C(=O)C(=O)C(=C(O)c3ccccc3)C2c2ccc(Cl)cc2)c1. The summed E-state index contributed by atoms with van der Waals surface area (Å²) in [5, 5.41) is 11.5. The van der Waals surface area contributed by atoms with E-state index in [4.69, 9.17) is 11.6 Å². The first kappa shape index (κ1) is 19.0. The second-order valence-corrected chi connectivity index (χ2v) is 7.36. The molecule has 0 aromatic heterocycles. The molecule has 144 valence electrons. The standard InChI is InChI=1S/C24H18ClNO3/c1-15-6-5-9-19(14-15)26-21(16-10-12-18(25)13-11-16)20(23(28)24(26)29)22(27)17-7-3-2-4-8-17/h2-14,21,27H,1H3. The highest BCUT2D eigenvalue weighted by atomic mass is 35.5. The number of aliphatic hydroxyl groups is 1. The Labute approximate surface area is 173 Å². The Morgan fingerprint density at radius 3 is 2.28 bits per heavy atom. The molecule has 29 heavy (non-hydrogen) atoms. The van der Waals surface area contributed by atoms with E-state index in [0.29, 0.717) is 21.8 Å². The van der Waals surface area contributed by atoms with Crippen molar-refractivity contribution in [3.8, 4) is 0 Å². The van der Waals surface area contributed by atoms with Crippen LogP contribution in [0.25, 0.3) is 5.76 Å². The van der Waals surface area contributed by atoms with Crippen LogP contribution in [0.1, 0.15) is 22.7 Å². The number of carbonyl (C=O) groups is 2. The van der Waals surface area contributed by atoms with Gasteiger partial charge in [-0.05, 0) is 42.3 Å². The number of rotatable bonds is 3. The van der Waals surface area contributed by atoms with Gasteiger partial charge in [0, 0.05) is 16.3 Å². The predicted molar refractivity (Wildman–Crippen MR) is 114 cm³/mol. The van der Waals surface area contributed by atoms with Crippen LogP contribution in [-0.2, 0) is 9.59 Å². The van der Waals surface area contributed by atoms with Gasteiger partial charge in [-0.2, -0.15) is 0 Å². The second-order valence-electron chi connectivity index (χ2n) is 6.93. The Hall–Kier alpha value is -3.37. The summed E-state index contributed by atoms with van der Waals surface area (Å²) in [5.41, 5.74) is 2.78. The van der Waals surface area contributed by atoms with Gasteiger partial charge in [0.1, 0.15) is 5.76 Å². The maximum Gasteiger partial charge on any atom is 0.300 e. The minimum absolute atomic E-state index is 0.0602. The van der Waals surface area contributed by atoms with Crippen molar-refractivity contribution in [2.75, 3.05) is 4.90 Å². The fourth-order valence-corrected chi connectivity index (χ4v) is 3.71. The van der Waals surface area contributed by atoms with Crippen LogP contribution in [0, 0.1) is 6.92 Å². The van der Waals surface area contributed by atoms with Crippen LogP contribution in [0.5, 0.6) is 0 Å². The number of benzene rings is 3. The van der Waals surface area contributed by atoms with Crippen LogP contribution in [0.2, 0.25) is 5.02 Å². The van der Waals surface area contributed by atoms with Crippen LogP contribution in [-0.4, -0.2) is 16.8 Å². The molecule has 5 heteroatoms. The summed E-state index contributed by atoms with van der Waals surface area (Å²) in [7, 11) is 0. The molecule has 1 heterocycles. The van der Waals surface area contributed by atoms with Gasteiger partial charge in [0.05, 0.1) is 11.6 Å². The molecule has 1 amide bonds. The van der Waals surface area contributed by atoms with E-state index in [1.165, 1.54) is 4.90 Å². The number of ketones is 1. The van der Waals surface area contributed by atoms with Crippen molar-refractivity contribution in [3.63, 3.8) is 0 Å². The lowest BCUT2D eigenvalue weighted by atomic mass is 9.95. The lowest BCUT2D eigenvalue weighted by Gasteiger charge is -2.25. The molecule has 1 aliphatic heterocycles. The Balaban J connectivity index is 1.96. The lowest BCUT2D eigenvalue weighted by molar-refractivity contribution is -0.132. The summed E-state index contributed by atoms with van der Waals surface area (Å²) < 4.78 is 0. The first-order chi connectivity index (χ1) is 14.0. The molecule has 1 unspecified atom stereocenters. The summed E-state index contributed by atoms with van der Waals surface area (Å²) in [5.74, 6) is -1.58. The molecule has 1 saturated heterocycles. The van der Waals surface area contributed by atoms with Crippen LogP contribution in [0.15, 0.2) is 84.4 Å². The molecular formula is C24H18ClNO3. The van der Waals surface area contributed by atoms with Crippen molar-refractivity contribution >= 4 is 34.7 Å². The van der Waals surface area contributed by atoms with Crippen molar-refractivity contribution in [3.05, 3.63) is 106 Å². The van der Waals surface area contributed by atoms with E-state index in [-0.39, 0.29) is 11.3 Å². The van der Waals surface area contributed by atoms with Gasteiger partial charge in [0.2, 0.25) is 0 Å². The Morgan fingerprint density at radius 2 is 1.62 bits per heavy atom. The summed E-state index contributed by atoms with van der Waals surface area (Å²) in [6.07, 6.45) is 0. The normalized spacial score (nSPS) is 18.3. The topological polar surface area (TPSA) is 57.6 Å². The highest BCUT2D eigenvalue weighted by molar-refractivity contribution is 6.51. The number of carbonyl (C=O) groups excluding carboxylic acids is 2. The van der Waals surface area contributed by atoms with Gasteiger partial charge in [-0.1, -0.05) is 66.2 Å². The van der Waals surface area contributed by atoms with Crippen molar-refractivity contribution in [1.82, 2.24) is 0 Å². The van der Waals surface area contributed by atoms with Gasteiger partial charge in [0.25, 0.3) is 11.7 Å². The van der Waals surface area contributed by atoms with E-state index >= 15 is 0 Å². The van der Waals surface area contributed by atoms with Crippen molar-refractivity contribution in [2.45, 2.75) is 13.0 Å². The number of aliphatic hydroxyl groups excluding tert-OH is 1. The molecule has 3 aromatic rings. The van der Waals surface area contributed by atoms with Gasteiger partial charge >= 0.3 is 0 Å². The third-order valence-electron chi connectivity index (χ3n) is 4.96. The smallest absolute Gasteiger partial charge is 0.300 e. The fraction of sp³-hybridized carbons (Fsp3) is 0.0833. The van der Waals surface area contributed by atoms with E-state index in [9.17, 15) is 14.7 Å². The largest absolute Gasteiger partial charge is 0.507 e. The van der Waals surface area contributed by atoms with Gasteiger partial charge in [-0.25, -0.2) is 0 Å². The van der Waals surface area contributed by atoms with Crippen LogP contribution in [0.4, 0.5) is 5.69 Å². The molecule has 4 nitrogen and oxygen atoms in total. The second kappa shape index (κ2) is 7.57. The predicted octanol–water partition coefficient (Wildman–Crippen LogP) is 5.27. The molecule has 1 N–H and O–H groups in total. The molecule has 0 spiro atoms. The van der Waals surface area contributed by atoms with Crippen molar-refractivity contribution in [1.29, 1.82) is 0 Å². The fourth-order valence-electron chi connectivity index (χ4n) is 3.59. The van der Waals surface area contributed by atoms with Crippen LogP contribution < -0.4 is 4.90 Å². The summed E-state index contributed by atoms with van der Waals surface area (Å²) in [6, 6.07) is 22.3. The van der Waals surface area contributed by atoms with E-state index < -0.39 is 17.7 Å². The first-order valence-electron chi connectivity index (χ1n) is 9.16. The molecule has 3 aromatic carbocycles. The number of aryl methyl sites for hydroxylation is 1. The highest BCUT2D eigenvalue weighted by Gasteiger charge is 2.46. The Bertz CT molecular complexity index is 1120. The van der Waals surface area contributed by atoms with E-state index in [1.54, 1.807) is 54.6 Å². The molecule has 4 rings (SSSR count). The maximum absolute atomic E-state index is 13.0. The number of nitrogens with zero attached hydrogens (tertiary/aromatic N) is 1. The number of hydrogen-bond acceptors (Lipinski definition) is 3. The average Bonchev–Trinajstić information content (AvgIpc) is 2.99. The molecule has 0 radical (unpaired) electrons. The Morgan fingerprint density at radius 1 is 0.931 bits per heavy atom. The van der Waals surface area contributed by atoms with E-state index in [2.05, 4.69) is 0 Å².